The van der Waals surface area contributed by atoms with Gasteiger partial charge in [-0.15, -0.1) is 0 Å². The Morgan fingerprint density at radius 1 is 1.12 bits per heavy atom. The van der Waals surface area contributed by atoms with E-state index < -0.39 is 0 Å². The molecule has 1 heterocycles. The fourth-order valence-corrected chi connectivity index (χ4v) is 3.87. The molecule has 1 fully saturated rings. The summed E-state index contributed by atoms with van der Waals surface area (Å²) in [5.74, 6) is 1.36. The lowest BCUT2D eigenvalue weighted by Gasteiger charge is -2.24. The van der Waals surface area contributed by atoms with Gasteiger partial charge >= 0.3 is 0 Å². The molecule has 1 N–H and O–H groups in total. The predicted octanol–water partition coefficient (Wildman–Crippen LogP) is 4.69. The summed E-state index contributed by atoms with van der Waals surface area (Å²) in [6.07, 6.45) is 3.74. The Kier molecular flexibility index (Phi) is 7.01. The number of rotatable bonds is 9. The Morgan fingerprint density at radius 3 is 2.38 bits per heavy atom. The van der Waals surface area contributed by atoms with Crippen LogP contribution < -0.4 is 10.1 Å². The van der Waals surface area contributed by atoms with E-state index >= 15 is 0 Å². The van der Waals surface area contributed by atoms with E-state index in [1.807, 2.05) is 66.2 Å². The zero-order chi connectivity index (χ0) is 24.2. The minimum absolute atomic E-state index is 0.0200. The Labute approximate surface area is 200 Å². The zero-order valence-corrected chi connectivity index (χ0v) is 20.2. The van der Waals surface area contributed by atoms with Crippen LogP contribution in [-0.4, -0.2) is 46.5 Å². The van der Waals surface area contributed by atoms with E-state index in [1.54, 1.807) is 12.0 Å². The maximum Gasteiger partial charge on any atom is 0.246 e. The number of carbonyl (C=O) groups excluding carboxylic acids is 2. The normalized spacial score (nSPS) is 13.1. The fraction of sp³-hybridized carbons (Fsp3) is 0.370. The summed E-state index contributed by atoms with van der Waals surface area (Å²) < 4.78 is 7.12. The molecule has 7 heteroatoms. The summed E-state index contributed by atoms with van der Waals surface area (Å²) in [4.78, 5) is 32.2. The van der Waals surface area contributed by atoms with Crippen molar-refractivity contribution >= 4 is 17.8 Å². The van der Waals surface area contributed by atoms with Gasteiger partial charge in [0, 0.05) is 29.9 Å². The van der Waals surface area contributed by atoms with Gasteiger partial charge in [0.2, 0.25) is 17.8 Å². The maximum absolute atomic E-state index is 13.0. The average Bonchev–Trinajstić information content (AvgIpc) is 3.59. The number of nitrogens with one attached hydrogen (secondary N) is 1. The second-order valence-corrected chi connectivity index (χ2v) is 9.32. The van der Waals surface area contributed by atoms with Crippen molar-refractivity contribution in [3.05, 3.63) is 60.3 Å². The summed E-state index contributed by atoms with van der Waals surface area (Å²) >= 11 is 0. The highest BCUT2D eigenvalue weighted by Crippen LogP contribution is 2.31. The van der Waals surface area contributed by atoms with Gasteiger partial charge in [-0.2, -0.15) is 0 Å². The first-order valence-corrected chi connectivity index (χ1v) is 11.7. The molecule has 0 atom stereocenters. The third kappa shape index (κ3) is 5.65. The lowest BCUT2D eigenvalue weighted by atomic mass is 10.1. The number of amides is 2. The summed E-state index contributed by atoms with van der Waals surface area (Å²) in [5.41, 5.74) is 3.67. The molecule has 1 aliphatic rings. The molecule has 0 radical (unpaired) electrons. The van der Waals surface area contributed by atoms with E-state index in [9.17, 15) is 9.59 Å². The quantitative estimate of drug-likeness (QED) is 0.503. The molecule has 2 amide bonds. The van der Waals surface area contributed by atoms with Gasteiger partial charge in [-0.3, -0.25) is 19.5 Å². The van der Waals surface area contributed by atoms with Crippen molar-refractivity contribution in [2.45, 2.75) is 33.6 Å². The Bertz CT molecular complexity index is 1150. The Morgan fingerprint density at radius 2 is 1.79 bits per heavy atom. The molecule has 1 aliphatic carbocycles. The topological polar surface area (TPSA) is 76.5 Å². The van der Waals surface area contributed by atoms with E-state index in [-0.39, 0.29) is 30.2 Å². The smallest absolute Gasteiger partial charge is 0.246 e. The monoisotopic (exact) mass is 460 g/mol. The zero-order valence-electron chi connectivity index (χ0n) is 20.2. The molecular formula is C27H32N4O3. The lowest BCUT2D eigenvalue weighted by molar-refractivity contribution is -0.136. The second kappa shape index (κ2) is 10.1. The second-order valence-electron chi connectivity index (χ2n) is 9.32. The molecule has 2 aromatic carbocycles. The van der Waals surface area contributed by atoms with Gasteiger partial charge in [-0.05, 0) is 62.1 Å². The van der Waals surface area contributed by atoms with Crippen molar-refractivity contribution in [3.63, 3.8) is 0 Å². The van der Waals surface area contributed by atoms with Gasteiger partial charge in [0.25, 0.3) is 0 Å². The number of ether oxygens (including phenoxy) is 1. The van der Waals surface area contributed by atoms with Crippen LogP contribution in [-0.2, 0) is 9.59 Å². The minimum atomic E-state index is -0.255. The Hall–Kier alpha value is -3.61. The van der Waals surface area contributed by atoms with E-state index in [4.69, 9.17) is 9.72 Å². The number of aromatic nitrogens is 2. The summed E-state index contributed by atoms with van der Waals surface area (Å²) in [7, 11) is 1.63. The largest absolute Gasteiger partial charge is 0.497 e. The minimum Gasteiger partial charge on any atom is -0.497 e. The van der Waals surface area contributed by atoms with Crippen LogP contribution in [0.25, 0.3) is 16.9 Å². The van der Waals surface area contributed by atoms with Crippen LogP contribution >= 0.6 is 0 Å². The van der Waals surface area contributed by atoms with Gasteiger partial charge in [0.05, 0.1) is 19.3 Å². The summed E-state index contributed by atoms with van der Waals surface area (Å²) in [6, 6.07) is 15.7. The number of methoxy groups -OCH3 is 1. The first-order valence-electron chi connectivity index (χ1n) is 11.7. The molecule has 0 aliphatic heterocycles. The predicted molar refractivity (Wildman–Crippen MR) is 133 cm³/mol. The molecule has 7 nitrogen and oxygen atoms in total. The highest BCUT2D eigenvalue weighted by Gasteiger charge is 2.34. The molecule has 1 aromatic heterocycles. The van der Waals surface area contributed by atoms with Crippen LogP contribution in [0.5, 0.6) is 5.75 Å². The molecule has 0 saturated heterocycles. The van der Waals surface area contributed by atoms with Crippen molar-refractivity contribution < 1.29 is 14.3 Å². The first kappa shape index (κ1) is 23.5. The molecule has 0 bridgehead atoms. The fourth-order valence-electron chi connectivity index (χ4n) is 3.87. The third-order valence-corrected chi connectivity index (χ3v) is 5.81. The van der Waals surface area contributed by atoms with Crippen molar-refractivity contribution in [1.82, 2.24) is 14.5 Å². The van der Waals surface area contributed by atoms with Crippen molar-refractivity contribution in [3.8, 4) is 22.7 Å². The number of imidazole rings is 1. The van der Waals surface area contributed by atoms with Gasteiger partial charge in [-0.1, -0.05) is 31.5 Å². The highest BCUT2D eigenvalue weighted by atomic mass is 16.5. The summed E-state index contributed by atoms with van der Waals surface area (Å²) in [5, 5.41) is 2.95. The Balaban J connectivity index is 1.60. The van der Waals surface area contributed by atoms with Gasteiger partial charge < -0.3 is 9.64 Å². The number of hydrogen-bond acceptors (Lipinski definition) is 4. The standard InChI is InChI=1S/C27H32N4O3/c1-18(2)15-30(26(33)21-7-8-21)17-25(32)29-27-28-24(20-9-13-23(34-4)14-10-20)16-31(27)22-11-5-19(3)6-12-22/h5-6,9-14,16,18,21H,7-8,15,17H2,1-4H3,(H,28,29,32). The van der Waals surface area contributed by atoms with E-state index in [0.717, 1.165) is 41.1 Å². The SMILES string of the molecule is COc1ccc(-c2cn(-c3ccc(C)cc3)c(NC(=O)CN(CC(C)C)C(=O)C3CC3)n2)cc1. The number of nitrogens with zero attached hydrogens (tertiary/aromatic N) is 3. The van der Waals surface area contributed by atoms with Crippen LogP contribution in [0.3, 0.4) is 0 Å². The number of aryl methyl sites for hydroxylation is 1. The van der Waals surface area contributed by atoms with Crippen molar-refractivity contribution in [1.29, 1.82) is 0 Å². The molecule has 0 unspecified atom stereocenters. The molecule has 4 rings (SSSR count). The summed E-state index contributed by atoms with van der Waals surface area (Å²) in [6.45, 7) is 6.72. The van der Waals surface area contributed by atoms with Gasteiger partial charge in [0.15, 0.2) is 0 Å². The van der Waals surface area contributed by atoms with Gasteiger partial charge in [0.1, 0.15) is 5.75 Å². The average molecular weight is 461 g/mol. The number of carbonyl (C=O) groups is 2. The van der Waals surface area contributed by atoms with Crippen LogP contribution in [0.1, 0.15) is 32.3 Å². The highest BCUT2D eigenvalue weighted by molar-refractivity contribution is 5.94. The number of benzene rings is 2. The van der Waals surface area contributed by atoms with E-state index in [1.165, 1.54) is 0 Å². The van der Waals surface area contributed by atoms with E-state index in [2.05, 4.69) is 19.2 Å². The molecule has 0 spiro atoms. The maximum atomic E-state index is 13.0. The number of hydrogen-bond donors (Lipinski definition) is 1. The molecular weight excluding hydrogens is 428 g/mol. The number of anilines is 1. The van der Waals surface area contributed by atoms with Crippen molar-refractivity contribution in [2.24, 2.45) is 11.8 Å². The van der Waals surface area contributed by atoms with Crippen LogP contribution in [0.4, 0.5) is 5.95 Å². The van der Waals surface area contributed by atoms with Gasteiger partial charge in [-0.25, -0.2) is 4.98 Å². The molecule has 1 saturated carbocycles. The first-order chi connectivity index (χ1) is 16.3. The van der Waals surface area contributed by atoms with Crippen LogP contribution in [0, 0.1) is 18.8 Å². The lowest BCUT2D eigenvalue weighted by Crippen LogP contribution is -2.41. The van der Waals surface area contributed by atoms with Crippen LogP contribution in [0.2, 0.25) is 0 Å². The molecule has 3 aromatic rings. The van der Waals surface area contributed by atoms with Crippen LogP contribution in [0.15, 0.2) is 54.7 Å². The molecule has 34 heavy (non-hydrogen) atoms. The van der Waals surface area contributed by atoms with Crippen molar-refractivity contribution in [2.75, 3.05) is 25.5 Å². The molecule has 178 valence electrons. The van der Waals surface area contributed by atoms with E-state index in [0.29, 0.717) is 12.5 Å². The third-order valence-electron chi connectivity index (χ3n) is 5.81.